The minimum atomic E-state index is -0.153. The molecule has 0 radical (unpaired) electrons. The molecule has 24 heavy (non-hydrogen) atoms. The van der Waals surface area contributed by atoms with Crippen LogP contribution in [0.25, 0.3) is 0 Å². The van der Waals surface area contributed by atoms with Crippen molar-refractivity contribution in [2.24, 2.45) is 11.8 Å². The second-order valence-corrected chi connectivity index (χ2v) is 6.41. The molecule has 2 unspecified atom stereocenters. The van der Waals surface area contributed by atoms with Gasteiger partial charge in [-0.15, -0.1) is 0 Å². The molecule has 1 aromatic rings. The van der Waals surface area contributed by atoms with E-state index in [9.17, 15) is 9.59 Å². The van der Waals surface area contributed by atoms with Gasteiger partial charge in [0.25, 0.3) is 0 Å². The Morgan fingerprint density at radius 1 is 0.792 bits per heavy atom. The molecule has 0 aromatic heterocycles. The van der Waals surface area contributed by atoms with Crippen LogP contribution in [0.5, 0.6) is 0 Å². The Balaban J connectivity index is 2.40. The Labute approximate surface area is 145 Å². The average Bonchev–Trinajstić information content (AvgIpc) is 2.58. The van der Waals surface area contributed by atoms with Gasteiger partial charge in [-0.05, 0) is 24.0 Å². The number of ether oxygens (including phenoxy) is 2. The summed E-state index contributed by atoms with van der Waals surface area (Å²) in [6.07, 6.45) is 3.64. The standard InChI is InChI=1S/C20H30O4/c1-5-7-15(3)19(21)23-13-17-9-11-18(12-10-17)14-24-20(22)16(4)8-6-2/h9-12,15-16H,5-8,13-14H2,1-4H3. The summed E-state index contributed by atoms with van der Waals surface area (Å²) in [5, 5.41) is 0. The Bertz CT molecular complexity index is 460. The fraction of sp³-hybridized carbons (Fsp3) is 0.600. The Morgan fingerprint density at radius 2 is 1.12 bits per heavy atom. The van der Waals surface area contributed by atoms with E-state index in [0.29, 0.717) is 0 Å². The number of esters is 2. The highest BCUT2D eigenvalue weighted by Gasteiger charge is 2.14. The quantitative estimate of drug-likeness (QED) is 0.585. The van der Waals surface area contributed by atoms with Crippen molar-refractivity contribution in [2.45, 2.75) is 66.6 Å². The summed E-state index contributed by atoms with van der Waals surface area (Å²) in [5.41, 5.74) is 1.86. The number of carbonyl (C=O) groups excluding carboxylic acids is 2. The predicted octanol–water partition coefficient (Wildman–Crippen LogP) is 4.65. The van der Waals surface area contributed by atoms with Crippen molar-refractivity contribution in [2.75, 3.05) is 0 Å². The van der Waals surface area contributed by atoms with Crippen LogP contribution in [0.3, 0.4) is 0 Å². The van der Waals surface area contributed by atoms with Crippen LogP contribution in [0.1, 0.15) is 64.5 Å². The van der Waals surface area contributed by atoms with E-state index in [4.69, 9.17) is 9.47 Å². The van der Waals surface area contributed by atoms with Gasteiger partial charge in [0, 0.05) is 0 Å². The van der Waals surface area contributed by atoms with E-state index in [2.05, 4.69) is 13.8 Å². The molecule has 0 fully saturated rings. The summed E-state index contributed by atoms with van der Waals surface area (Å²) >= 11 is 0. The molecule has 0 aliphatic heterocycles. The molecule has 1 rings (SSSR count). The third kappa shape index (κ3) is 7.16. The molecule has 4 nitrogen and oxygen atoms in total. The van der Waals surface area contributed by atoms with E-state index in [-0.39, 0.29) is 37.0 Å². The fourth-order valence-electron chi connectivity index (χ4n) is 2.43. The van der Waals surface area contributed by atoms with E-state index in [0.717, 1.165) is 36.8 Å². The number of benzene rings is 1. The van der Waals surface area contributed by atoms with E-state index in [1.54, 1.807) is 0 Å². The minimum Gasteiger partial charge on any atom is -0.461 e. The summed E-state index contributed by atoms with van der Waals surface area (Å²) < 4.78 is 10.6. The number of carbonyl (C=O) groups is 2. The van der Waals surface area contributed by atoms with E-state index in [1.165, 1.54) is 0 Å². The largest absolute Gasteiger partial charge is 0.461 e. The van der Waals surface area contributed by atoms with Crippen LogP contribution < -0.4 is 0 Å². The molecular formula is C20H30O4. The van der Waals surface area contributed by atoms with Crippen LogP contribution in [0, 0.1) is 11.8 Å². The summed E-state index contributed by atoms with van der Waals surface area (Å²) in [4.78, 5) is 23.6. The van der Waals surface area contributed by atoms with Crippen LogP contribution in [-0.2, 0) is 32.3 Å². The van der Waals surface area contributed by atoms with Crippen molar-refractivity contribution in [1.82, 2.24) is 0 Å². The zero-order valence-corrected chi connectivity index (χ0v) is 15.3. The Kier molecular flexibility index (Phi) is 9.13. The van der Waals surface area contributed by atoms with E-state index < -0.39 is 0 Å². The molecule has 0 bridgehead atoms. The van der Waals surface area contributed by atoms with Crippen LogP contribution in [0.2, 0.25) is 0 Å². The van der Waals surface area contributed by atoms with Gasteiger partial charge in [0.05, 0.1) is 11.8 Å². The van der Waals surface area contributed by atoms with Crippen molar-refractivity contribution in [1.29, 1.82) is 0 Å². The van der Waals surface area contributed by atoms with Crippen LogP contribution in [-0.4, -0.2) is 11.9 Å². The first-order valence-electron chi connectivity index (χ1n) is 8.89. The summed E-state index contributed by atoms with van der Waals surface area (Å²) in [6, 6.07) is 7.60. The molecular weight excluding hydrogens is 304 g/mol. The van der Waals surface area contributed by atoms with Crippen molar-refractivity contribution in [3.8, 4) is 0 Å². The zero-order chi connectivity index (χ0) is 17.9. The van der Waals surface area contributed by atoms with Crippen molar-refractivity contribution < 1.29 is 19.1 Å². The summed E-state index contributed by atoms with van der Waals surface area (Å²) in [6.45, 7) is 8.45. The fourth-order valence-corrected chi connectivity index (χ4v) is 2.43. The van der Waals surface area contributed by atoms with Crippen LogP contribution in [0.15, 0.2) is 24.3 Å². The highest BCUT2D eigenvalue weighted by Crippen LogP contribution is 2.13. The van der Waals surface area contributed by atoms with Gasteiger partial charge in [0.1, 0.15) is 13.2 Å². The molecule has 1 aromatic carbocycles. The molecule has 4 heteroatoms. The third-order valence-electron chi connectivity index (χ3n) is 4.03. The topological polar surface area (TPSA) is 52.6 Å². The predicted molar refractivity (Wildman–Crippen MR) is 94.2 cm³/mol. The molecule has 0 saturated heterocycles. The lowest BCUT2D eigenvalue weighted by atomic mass is 10.1. The first kappa shape index (κ1) is 20.2. The maximum absolute atomic E-state index is 11.8. The summed E-state index contributed by atoms with van der Waals surface area (Å²) in [5.74, 6) is -0.419. The highest BCUT2D eigenvalue weighted by atomic mass is 16.5. The molecule has 0 spiro atoms. The van der Waals surface area contributed by atoms with Gasteiger partial charge in [-0.3, -0.25) is 9.59 Å². The number of rotatable bonds is 10. The maximum Gasteiger partial charge on any atom is 0.308 e. The van der Waals surface area contributed by atoms with E-state index >= 15 is 0 Å². The molecule has 0 saturated carbocycles. The monoisotopic (exact) mass is 334 g/mol. The van der Waals surface area contributed by atoms with E-state index in [1.807, 2.05) is 38.1 Å². The van der Waals surface area contributed by atoms with Gasteiger partial charge >= 0.3 is 11.9 Å². The molecule has 0 N–H and O–H groups in total. The first-order valence-corrected chi connectivity index (χ1v) is 8.89. The first-order chi connectivity index (χ1) is 11.5. The van der Waals surface area contributed by atoms with Crippen molar-refractivity contribution >= 4 is 11.9 Å². The lowest BCUT2D eigenvalue weighted by Crippen LogP contribution is -2.15. The Hall–Kier alpha value is -1.84. The number of hydrogen-bond acceptors (Lipinski definition) is 4. The van der Waals surface area contributed by atoms with Crippen molar-refractivity contribution in [3.05, 3.63) is 35.4 Å². The average molecular weight is 334 g/mol. The van der Waals surface area contributed by atoms with Gasteiger partial charge in [-0.2, -0.15) is 0 Å². The number of hydrogen-bond donors (Lipinski definition) is 0. The molecule has 134 valence electrons. The summed E-state index contributed by atoms with van der Waals surface area (Å²) in [7, 11) is 0. The van der Waals surface area contributed by atoms with Crippen molar-refractivity contribution in [3.63, 3.8) is 0 Å². The van der Waals surface area contributed by atoms with Gasteiger partial charge in [0.15, 0.2) is 0 Å². The normalized spacial score (nSPS) is 13.2. The zero-order valence-electron chi connectivity index (χ0n) is 15.3. The lowest BCUT2D eigenvalue weighted by Gasteiger charge is -2.12. The highest BCUT2D eigenvalue weighted by molar-refractivity contribution is 5.72. The maximum atomic E-state index is 11.8. The van der Waals surface area contributed by atoms with Crippen LogP contribution >= 0.6 is 0 Å². The lowest BCUT2D eigenvalue weighted by molar-refractivity contribution is -0.150. The van der Waals surface area contributed by atoms with Gasteiger partial charge in [-0.1, -0.05) is 64.8 Å². The molecule has 0 aliphatic rings. The van der Waals surface area contributed by atoms with Gasteiger partial charge < -0.3 is 9.47 Å². The SMILES string of the molecule is CCCC(C)C(=O)OCc1ccc(COC(=O)C(C)CCC)cc1. The van der Waals surface area contributed by atoms with Gasteiger partial charge in [0.2, 0.25) is 0 Å². The third-order valence-corrected chi connectivity index (χ3v) is 4.03. The second kappa shape index (κ2) is 10.8. The van der Waals surface area contributed by atoms with Crippen LogP contribution in [0.4, 0.5) is 0 Å². The smallest absolute Gasteiger partial charge is 0.308 e. The van der Waals surface area contributed by atoms with Gasteiger partial charge in [-0.25, -0.2) is 0 Å². The molecule has 0 heterocycles. The minimum absolute atomic E-state index is 0.0567. The molecule has 0 amide bonds. The molecule has 2 atom stereocenters. The molecule has 0 aliphatic carbocycles. The second-order valence-electron chi connectivity index (χ2n) is 6.41. The Morgan fingerprint density at radius 3 is 1.42 bits per heavy atom.